The van der Waals surface area contributed by atoms with Gasteiger partial charge in [0.15, 0.2) is 0 Å². The highest BCUT2D eigenvalue weighted by molar-refractivity contribution is 5.92. The molecule has 1 aliphatic heterocycles. The summed E-state index contributed by atoms with van der Waals surface area (Å²) < 4.78 is 5.38. The molecule has 1 rings (SSSR count). The summed E-state index contributed by atoms with van der Waals surface area (Å²) in [5, 5.41) is 7.85. The van der Waals surface area contributed by atoms with E-state index in [0.29, 0.717) is 5.41 Å². The van der Waals surface area contributed by atoms with Gasteiger partial charge < -0.3 is 10.1 Å². The van der Waals surface area contributed by atoms with Crippen LogP contribution >= 0.6 is 0 Å². The van der Waals surface area contributed by atoms with Crippen LogP contribution in [0, 0.1) is 10.8 Å². The van der Waals surface area contributed by atoms with Crippen molar-refractivity contribution in [1.82, 2.24) is 0 Å². The molecular weight excluding hydrogens is 282 g/mol. The van der Waals surface area contributed by atoms with E-state index in [9.17, 15) is 0 Å². The Kier molecular flexibility index (Phi) is 9.16. The van der Waals surface area contributed by atoms with Gasteiger partial charge in [0, 0.05) is 11.1 Å². The number of nitrogens with one attached hydrogen (secondary N) is 1. The highest BCUT2D eigenvalue weighted by Gasteiger charge is 2.35. The molecule has 1 saturated heterocycles. The lowest BCUT2D eigenvalue weighted by molar-refractivity contribution is -0.118. The molecule has 0 radical (unpaired) electrons. The van der Waals surface area contributed by atoms with E-state index in [0.717, 1.165) is 51.0 Å². The summed E-state index contributed by atoms with van der Waals surface area (Å²) in [5.74, 6) is 0. The molecule has 2 heteroatoms. The highest BCUT2D eigenvalue weighted by atomic mass is 16.5. The van der Waals surface area contributed by atoms with Crippen molar-refractivity contribution in [1.29, 1.82) is 5.41 Å². The maximum absolute atomic E-state index is 7.85. The fourth-order valence-corrected chi connectivity index (χ4v) is 2.70. The van der Waals surface area contributed by atoms with Crippen LogP contribution in [0.3, 0.4) is 0 Å². The van der Waals surface area contributed by atoms with E-state index in [1.807, 2.05) is 6.08 Å². The molecule has 23 heavy (non-hydrogen) atoms. The molecule has 0 spiro atoms. The van der Waals surface area contributed by atoms with Crippen LogP contribution in [0.25, 0.3) is 0 Å². The molecule has 1 heterocycles. The third kappa shape index (κ3) is 7.30. The topological polar surface area (TPSA) is 33.1 Å². The molecule has 0 amide bonds. The van der Waals surface area contributed by atoms with Crippen molar-refractivity contribution in [2.75, 3.05) is 13.2 Å². The number of rotatable bonds is 11. The van der Waals surface area contributed by atoms with Crippen LogP contribution in [0.15, 0.2) is 35.5 Å². The van der Waals surface area contributed by atoms with Gasteiger partial charge in [-0.25, -0.2) is 0 Å². The standard InChI is InChI=1S/C21H35NO/c1-5-7-13-20(22)14-10-12-19(4)18(3)11-8-9-15-21(6-2)16-23-17-21/h8,10-11,14,22H,5-7,9,12-13,15-17H2,1-4H3/b11-8+,14-10+,19-18-,22-20?. The second-order valence-corrected chi connectivity index (χ2v) is 6.99. The molecule has 0 aromatic heterocycles. The van der Waals surface area contributed by atoms with Crippen molar-refractivity contribution in [2.24, 2.45) is 5.41 Å². The molecule has 0 aromatic carbocycles. The van der Waals surface area contributed by atoms with Crippen molar-refractivity contribution in [3.63, 3.8) is 0 Å². The third-order valence-electron chi connectivity index (χ3n) is 4.99. The number of ether oxygens (including phenoxy) is 1. The summed E-state index contributed by atoms with van der Waals surface area (Å²) in [6.45, 7) is 10.7. The first kappa shape index (κ1) is 19.9. The molecule has 0 saturated carbocycles. The van der Waals surface area contributed by atoms with Crippen LogP contribution in [0.5, 0.6) is 0 Å². The zero-order valence-electron chi connectivity index (χ0n) is 15.6. The second-order valence-electron chi connectivity index (χ2n) is 6.99. The number of unbranched alkanes of at least 4 members (excludes halogenated alkanes) is 1. The van der Waals surface area contributed by atoms with Crippen molar-refractivity contribution in [3.05, 3.63) is 35.5 Å². The zero-order chi connectivity index (χ0) is 17.1. The molecule has 2 nitrogen and oxygen atoms in total. The van der Waals surface area contributed by atoms with Gasteiger partial charge in [-0.05, 0) is 58.4 Å². The molecule has 130 valence electrons. The van der Waals surface area contributed by atoms with Gasteiger partial charge in [-0.1, -0.05) is 49.6 Å². The molecule has 0 bridgehead atoms. The average Bonchev–Trinajstić information content (AvgIpc) is 2.51. The van der Waals surface area contributed by atoms with E-state index in [4.69, 9.17) is 10.1 Å². The Labute approximate surface area is 143 Å². The maximum atomic E-state index is 7.85. The Morgan fingerprint density at radius 2 is 1.87 bits per heavy atom. The third-order valence-corrected chi connectivity index (χ3v) is 4.99. The molecule has 0 aromatic rings. The number of hydrogen-bond donors (Lipinski definition) is 1. The van der Waals surface area contributed by atoms with Gasteiger partial charge in [-0.3, -0.25) is 0 Å². The summed E-state index contributed by atoms with van der Waals surface area (Å²) >= 11 is 0. The van der Waals surface area contributed by atoms with Gasteiger partial charge >= 0.3 is 0 Å². The average molecular weight is 318 g/mol. The predicted octanol–water partition coefficient (Wildman–Crippen LogP) is 6.24. The Bertz CT molecular complexity index is 447. The lowest BCUT2D eigenvalue weighted by Crippen LogP contribution is -2.41. The van der Waals surface area contributed by atoms with E-state index in [1.54, 1.807) is 0 Å². The van der Waals surface area contributed by atoms with Gasteiger partial charge in [0.05, 0.1) is 13.2 Å². The van der Waals surface area contributed by atoms with E-state index in [1.165, 1.54) is 24.0 Å². The van der Waals surface area contributed by atoms with Gasteiger partial charge in [-0.15, -0.1) is 0 Å². The monoisotopic (exact) mass is 317 g/mol. The van der Waals surface area contributed by atoms with Crippen molar-refractivity contribution >= 4 is 5.71 Å². The second kappa shape index (κ2) is 10.6. The molecule has 0 atom stereocenters. The highest BCUT2D eigenvalue weighted by Crippen LogP contribution is 2.36. The lowest BCUT2D eigenvalue weighted by atomic mass is 9.79. The van der Waals surface area contributed by atoms with Crippen LogP contribution in [0.2, 0.25) is 0 Å². The van der Waals surface area contributed by atoms with Crippen LogP contribution < -0.4 is 0 Å². The minimum Gasteiger partial charge on any atom is -0.380 e. The van der Waals surface area contributed by atoms with Crippen LogP contribution in [0.4, 0.5) is 0 Å². The maximum Gasteiger partial charge on any atom is 0.0544 e. The van der Waals surface area contributed by atoms with Gasteiger partial charge in [0.1, 0.15) is 0 Å². The quantitative estimate of drug-likeness (QED) is 0.355. The Morgan fingerprint density at radius 1 is 1.13 bits per heavy atom. The molecule has 0 unspecified atom stereocenters. The first-order valence-electron chi connectivity index (χ1n) is 9.17. The summed E-state index contributed by atoms with van der Waals surface area (Å²) in [6.07, 6.45) is 16.4. The van der Waals surface area contributed by atoms with Crippen LogP contribution in [-0.4, -0.2) is 18.9 Å². The molecule has 1 fully saturated rings. The minimum atomic E-state index is 0.457. The smallest absolute Gasteiger partial charge is 0.0544 e. The normalized spacial score (nSPS) is 18.3. The minimum absolute atomic E-state index is 0.457. The van der Waals surface area contributed by atoms with Crippen LogP contribution in [-0.2, 0) is 4.74 Å². The summed E-state index contributed by atoms with van der Waals surface area (Å²) in [4.78, 5) is 0. The van der Waals surface area contributed by atoms with E-state index in [2.05, 4.69) is 45.9 Å². The van der Waals surface area contributed by atoms with E-state index >= 15 is 0 Å². The fourth-order valence-electron chi connectivity index (χ4n) is 2.70. The SMILES string of the molecule is CCCCC(=N)/C=C/C/C(C)=C(C)\C=C\CCC1(CC)COC1. The van der Waals surface area contributed by atoms with Crippen LogP contribution in [0.1, 0.15) is 72.6 Å². The molecule has 1 aliphatic rings. The molecular formula is C21H35NO. The lowest BCUT2D eigenvalue weighted by Gasteiger charge is -2.40. The van der Waals surface area contributed by atoms with Crippen molar-refractivity contribution in [2.45, 2.75) is 72.6 Å². The zero-order valence-corrected chi connectivity index (χ0v) is 15.6. The summed E-state index contributed by atoms with van der Waals surface area (Å²) in [6, 6.07) is 0. The van der Waals surface area contributed by atoms with Gasteiger partial charge in [0.2, 0.25) is 0 Å². The van der Waals surface area contributed by atoms with Crippen molar-refractivity contribution < 1.29 is 4.74 Å². The largest absolute Gasteiger partial charge is 0.380 e. The van der Waals surface area contributed by atoms with E-state index < -0.39 is 0 Å². The molecule has 1 N–H and O–H groups in total. The molecule has 0 aliphatic carbocycles. The van der Waals surface area contributed by atoms with Gasteiger partial charge in [0.25, 0.3) is 0 Å². The Hall–Kier alpha value is -1.15. The predicted molar refractivity (Wildman–Crippen MR) is 101 cm³/mol. The number of allylic oxidation sites excluding steroid dienone is 6. The first-order chi connectivity index (χ1) is 11.0. The van der Waals surface area contributed by atoms with Crippen molar-refractivity contribution in [3.8, 4) is 0 Å². The van der Waals surface area contributed by atoms with E-state index in [-0.39, 0.29) is 0 Å². The Morgan fingerprint density at radius 3 is 2.43 bits per heavy atom. The number of hydrogen-bond acceptors (Lipinski definition) is 2. The van der Waals surface area contributed by atoms with Gasteiger partial charge in [-0.2, -0.15) is 0 Å². The Balaban J connectivity index is 2.34. The first-order valence-corrected chi connectivity index (χ1v) is 9.17. The summed E-state index contributed by atoms with van der Waals surface area (Å²) in [7, 11) is 0. The summed E-state index contributed by atoms with van der Waals surface area (Å²) in [5.41, 5.74) is 3.95. The fraction of sp³-hybridized carbons (Fsp3) is 0.667.